The fourth-order valence-corrected chi connectivity index (χ4v) is 1.47. The van der Waals surface area contributed by atoms with E-state index in [0.29, 0.717) is 29.8 Å². The number of halogens is 1. The van der Waals surface area contributed by atoms with Crippen LogP contribution in [-0.2, 0) is 0 Å². The molecule has 0 radical (unpaired) electrons. The van der Waals surface area contributed by atoms with E-state index >= 15 is 0 Å². The maximum atomic E-state index is 9.21. The van der Waals surface area contributed by atoms with Crippen LogP contribution in [0.1, 0.15) is 13.3 Å². The van der Waals surface area contributed by atoms with Gasteiger partial charge in [-0.25, -0.2) is 4.98 Å². The number of aliphatic hydroxyl groups excluding tert-OH is 1. The minimum absolute atomic E-state index is 0.327. The smallest absolute Gasteiger partial charge is 0.224 e. The fraction of sp³-hybridized carbons (Fsp3) is 0.600. The van der Waals surface area contributed by atoms with E-state index in [9.17, 15) is 5.11 Å². The Labute approximate surface area is 100 Å². The number of nitrogens with one attached hydrogen (secondary N) is 1. The maximum Gasteiger partial charge on any atom is 0.224 e. The molecule has 16 heavy (non-hydrogen) atoms. The van der Waals surface area contributed by atoms with Gasteiger partial charge in [0.2, 0.25) is 5.95 Å². The molecule has 0 saturated carbocycles. The van der Waals surface area contributed by atoms with Gasteiger partial charge in [0.1, 0.15) is 5.02 Å². The molecule has 0 amide bonds. The Morgan fingerprint density at radius 3 is 2.88 bits per heavy atom. The van der Waals surface area contributed by atoms with Crippen molar-refractivity contribution in [2.75, 3.05) is 30.9 Å². The summed E-state index contributed by atoms with van der Waals surface area (Å²) < 4.78 is 0. The van der Waals surface area contributed by atoms with Gasteiger partial charge in [0, 0.05) is 20.6 Å². The van der Waals surface area contributed by atoms with Gasteiger partial charge in [-0.15, -0.1) is 0 Å². The molecule has 0 aliphatic heterocycles. The minimum atomic E-state index is -0.327. The van der Waals surface area contributed by atoms with Crippen LogP contribution in [0, 0.1) is 0 Å². The van der Waals surface area contributed by atoms with Gasteiger partial charge in [0.25, 0.3) is 0 Å². The van der Waals surface area contributed by atoms with Gasteiger partial charge in [-0.3, -0.25) is 0 Å². The number of rotatable bonds is 5. The Hall–Kier alpha value is -1.07. The topological polar surface area (TPSA) is 61.3 Å². The van der Waals surface area contributed by atoms with Crippen molar-refractivity contribution in [3.63, 3.8) is 0 Å². The quantitative estimate of drug-likeness (QED) is 0.820. The van der Waals surface area contributed by atoms with Gasteiger partial charge in [0.15, 0.2) is 5.82 Å². The molecule has 0 saturated heterocycles. The molecule has 1 aromatic rings. The van der Waals surface area contributed by atoms with Crippen molar-refractivity contribution in [2.24, 2.45) is 0 Å². The molecule has 0 aromatic carbocycles. The molecule has 6 heteroatoms. The predicted octanol–water partition coefficient (Wildman–Crippen LogP) is 1.38. The number of nitrogens with zero attached hydrogens (tertiary/aromatic N) is 3. The molecule has 0 spiro atoms. The van der Waals surface area contributed by atoms with Crippen molar-refractivity contribution in [3.8, 4) is 0 Å². The molecule has 0 aliphatic rings. The summed E-state index contributed by atoms with van der Waals surface area (Å²) in [6, 6.07) is 0. The summed E-state index contributed by atoms with van der Waals surface area (Å²) in [5, 5.41) is 12.6. The highest BCUT2D eigenvalue weighted by Crippen LogP contribution is 2.22. The average Bonchev–Trinajstić information content (AvgIpc) is 2.26. The van der Waals surface area contributed by atoms with Crippen molar-refractivity contribution in [2.45, 2.75) is 19.4 Å². The van der Waals surface area contributed by atoms with E-state index in [1.807, 2.05) is 11.9 Å². The van der Waals surface area contributed by atoms with Crippen LogP contribution >= 0.6 is 11.6 Å². The third-order valence-electron chi connectivity index (χ3n) is 2.19. The molecule has 1 aromatic heterocycles. The summed E-state index contributed by atoms with van der Waals surface area (Å²) in [6.07, 6.45) is 1.91. The Morgan fingerprint density at radius 2 is 2.31 bits per heavy atom. The lowest BCUT2D eigenvalue weighted by molar-refractivity contribution is 0.187. The van der Waals surface area contributed by atoms with Crippen LogP contribution in [0.2, 0.25) is 5.02 Å². The van der Waals surface area contributed by atoms with Crippen molar-refractivity contribution in [3.05, 3.63) is 11.2 Å². The van der Waals surface area contributed by atoms with Crippen LogP contribution in [0.25, 0.3) is 0 Å². The molecule has 0 aliphatic carbocycles. The number of aromatic nitrogens is 2. The maximum absolute atomic E-state index is 9.21. The van der Waals surface area contributed by atoms with E-state index < -0.39 is 0 Å². The Balaban J connectivity index is 2.76. The zero-order valence-electron chi connectivity index (χ0n) is 9.74. The minimum Gasteiger partial charge on any atom is -0.393 e. The molecule has 1 unspecified atom stereocenters. The second-order valence-electron chi connectivity index (χ2n) is 3.67. The summed E-state index contributed by atoms with van der Waals surface area (Å²) in [5.74, 6) is 1.20. The molecule has 5 nitrogen and oxygen atoms in total. The molecular weight excluding hydrogens is 228 g/mol. The van der Waals surface area contributed by atoms with Crippen LogP contribution in [0.15, 0.2) is 6.20 Å². The van der Waals surface area contributed by atoms with Crippen LogP contribution in [-0.4, -0.2) is 41.8 Å². The summed E-state index contributed by atoms with van der Waals surface area (Å²) in [7, 11) is 3.64. The van der Waals surface area contributed by atoms with Crippen LogP contribution in [0.3, 0.4) is 0 Å². The molecule has 0 fully saturated rings. The van der Waals surface area contributed by atoms with E-state index in [4.69, 9.17) is 11.6 Å². The third kappa shape index (κ3) is 3.50. The molecule has 1 heterocycles. The fourth-order valence-electron chi connectivity index (χ4n) is 1.23. The highest BCUT2D eigenvalue weighted by atomic mass is 35.5. The first-order valence-electron chi connectivity index (χ1n) is 5.14. The molecule has 1 atom stereocenters. The normalized spacial score (nSPS) is 12.3. The van der Waals surface area contributed by atoms with E-state index in [1.54, 1.807) is 20.2 Å². The summed E-state index contributed by atoms with van der Waals surface area (Å²) in [6.45, 7) is 2.45. The summed E-state index contributed by atoms with van der Waals surface area (Å²) in [5.41, 5.74) is 0. The van der Waals surface area contributed by atoms with Crippen molar-refractivity contribution in [1.82, 2.24) is 9.97 Å². The molecule has 90 valence electrons. The Bertz CT molecular complexity index is 346. The van der Waals surface area contributed by atoms with Gasteiger partial charge in [-0.05, 0) is 13.3 Å². The molecule has 1 rings (SSSR count). The van der Waals surface area contributed by atoms with Crippen LogP contribution in [0.5, 0.6) is 0 Å². The Kier molecular flexibility index (Phi) is 4.76. The van der Waals surface area contributed by atoms with Gasteiger partial charge >= 0.3 is 0 Å². The molecular formula is C10H17ClN4O. The number of hydrogen-bond acceptors (Lipinski definition) is 5. The lowest BCUT2D eigenvalue weighted by Gasteiger charge is -2.20. The zero-order chi connectivity index (χ0) is 12.1. The van der Waals surface area contributed by atoms with E-state index in [-0.39, 0.29) is 6.10 Å². The zero-order valence-corrected chi connectivity index (χ0v) is 10.5. The van der Waals surface area contributed by atoms with Crippen LogP contribution in [0.4, 0.5) is 11.8 Å². The number of hydrogen-bond donors (Lipinski definition) is 2. The van der Waals surface area contributed by atoms with Gasteiger partial charge in [-0.1, -0.05) is 11.6 Å². The van der Waals surface area contributed by atoms with Crippen LogP contribution < -0.4 is 10.2 Å². The van der Waals surface area contributed by atoms with Crippen molar-refractivity contribution in [1.29, 1.82) is 0 Å². The largest absolute Gasteiger partial charge is 0.393 e. The number of aliphatic hydroxyl groups is 1. The third-order valence-corrected chi connectivity index (χ3v) is 2.46. The molecule has 0 bridgehead atoms. The SMILES string of the molecule is CNc1ncc(Cl)c(N(C)CCC(C)O)n1. The first-order chi connectivity index (χ1) is 7.54. The summed E-state index contributed by atoms with van der Waals surface area (Å²) >= 11 is 6.01. The lowest BCUT2D eigenvalue weighted by atomic mass is 10.3. The van der Waals surface area contributed by atoms with E-state index in [1.165, 1.54) is 0 Å². The first-order valence-corrected chi connectivity index (χ1v) is 5.52. The summed E-state index contributed by atoms with van der Waals surface area (Å²) in [4.78, 5) is 10.2. The van der Waals surface area contributed by atoms with E-state index in [0.717, 1.165) is 0 Å². The van der Waals surface area contributed by atoms with Gasteiger partial charge in [0.05, 0.1) is 12.3 Å². The van der Waals surface area contributed by atoms with Gasteiger partial charge < -0.3 is 15.3 Å². The van der Waals surface area contributed by atoms with Crippen molar-refractivity contribution >= 4 is 23.4 Å². The second kappa shape index (κ2) is 5.86. The van der Waals surface area contributed by atoms with Crippen molar-refractivity contribution < 1.29 is 5.11 Å². The van der Waals surface area contributed by atoms with E-state index in [2.05, 4.69) is 15.3 Å². The lowest BCUT2D eigenvalue weighted by Crippen LogP contribution is -2.23. The highest BCUT2D eigenvalue weighted by Gasteiger charge is 2.10. The first kappa shape index (κ1) is 13.0. The second-order valence-corrected chi connectivity index (χ2v) is 4.08. The Morgan fingerprint density at radius 1 is 1.62 bits per heavy atom. The highest BCUT2D eigenvalue weighted by molar-refractivity contribution is 6.32. The average molecular weight is 245 g/mol. The monoisotopic (exact) mass is 244 g/mol. The molecule has 2 N–H and O–H groups in total. The predicted molar refractivity (Wildman–Crippen MR) is 66.2 cm³/mol. The standard InChI is InChI=1S/C10H17ClN4O/c1-7(16)4-5-15(3)9-8(11)6-13-10(12-2)14-9/h6-7,16H,4-5H2,1-3H3,(H,12,13,14). The number of anilines is 2. The van der Waals surface area contributed by atoms with Gasteiger partial charge in [-0.2, -0.15) is 4.98 Å².